The zero-order valence-electron chi connectivity index (χ0n) is 19.3. The number of Topliss-reactive ketones (excluding diaryl/α,β-unsaturated/α-hetero) is 3. The highest BCUT2D eigenvalue weighted by molar-refractivity contribution is 6.21. The van der Waals surface area contributed by atoms with Crippen molar-refractivity contribution in [1.82, 2.24) is 10.3 Å². The second-order valence-electron chi connectivity index (χ2n) is 8.55. The van der Waals surface area contributed by atoms with Gasteiger partial charge in [0.15, 0.2) is 23.2 Å². The third-order valence-corrected chi connectivity index (χ3v) is 5.98. The molecule has 3 N–H and O–H groups in total. The van der Waals surface area contributed by atoms with Gasteiger partial charge in [-0.1, -0.05) is 20.8 Å². The maximum absolute atomic E-state index is 12.0. The Kier molecular flexibility index (Phi) is 8.14. The molecule has 1 unspecified atom stereocenters. The van der Waals surface area contributed by atoms with Gasteiger partial charge < -0.3 is 15.5 Å². The zero-order chi connectivity index (χ0) is 25.8. The molecule has 11 nitrogen and oxygen atoms in total. The third kappa shape index (κ3) is 5.41. The molecule has 0 radical (unpaired) electrons. The van der Waals surface area contributed by atoms with Gasteiger partial charge in [0.2, 0.25) is 0 Å². The van der Waals surface area contributed by atoms with Gasteiger partial charge in [-0.15, -0.1) is 0 Å². The standard InChI is InChI=1S/C13H15N3O3.C10H12O5/c1-7(2)13(3)12(19)15-10(16-13)9-8(11(17)18)5-4-6-14-9;1-2-6(11)9-7(12)3-5(10(14)15)4-8(9)13/h4-7H,1-3H3,(H,17,18)(H,15,16,19);5,9H,2-4H2,1H3,(H,14,15). The molecule has 1 aromatic heterocycles. The van der Waals surface area contributed by atoms with E-state index in [9.17, 15) is 28.8 Å². The number of amides is 1. The molecule has 1 atom stereocenters. The SMILES string of the molecule is CC(C)C1(C)N=C(c2ncccc2C(=O)O)NC1=O.CCC(=O)C1C(=O)CC(C(=O)O)CC1=O. The summed E-state index contributed by atoms with van der Waals surface area (Å²) >= 11 is 0. The van der Waals surface area contributed by atoms with Crippen molar-refractivity contribution in [1.29, 1.82) is 0 Å². The molecule has 1 amide bonds. The first-order valence-corrected chi connectivity index (χ1v) is 10.7. The van der Waals surface area contributed by atoms with E-state index in [1.54, 1.807) is 13.8 Å². The molecule has 3 rings (SSSR count). The first-order valence-electron chi connectivity index (χ1n) is 10.7. The lowest BCUT2D eigenvalue weighted by Crippen LogP contribution is -2.41. The average molecular weight is 473 g/mol. The fourth-order valence-electron chi connectivity index (χ4n) is 3.53. The molecule has 2 heterocycles. The van der Waals surface area contributed by atoms with Crippen LogP contribution >= 0.6 is 0 Å². The van der Waals surface area contributed by atoms with Crippen molar-refractivity contribution in [2.24, 2.45) is 22.7 Å². The highest BCUT2D eigenvalue weighted by atomic mass is 16.4. The molecule has 0 spiro atoms. The lowest BCUT2D eigenvalue weighted by atomic mass is 9.77. The lowest BCUT2D eigenvalue weighted by molar-refractivity contribution is -0.152. The minimum Gasteiger partial charge on any atom is -0.481 e. The van der Waals surface area contributed by atoms with Crippen molar-refractivity contribution in [2.45, 2.75) is 52.5 Å². The highest BCUT2D eigenvalue weighted by Crippen LogP contribution is 2.27. The number of hydrogen-bond acceptors (Lipinski definition) is 8. The van der Waals surface area contributed by atoms with Crippen LogP contribution in [0.3, 0.4) is 0 Å². The number of nitrogens with zero attached hydrogens (tertiary/aromatic N) is 2. The number of aromatic nitrogens is 1. The number of rotatable bonds is 6. The molecular formula is C23H27N3O8. The van der Waals surface area contributed by atoms with Crippen LogP contribution in [0.1, 0.15) is 63.0 Å². The number of carboxylic acids is 2. The second kappa shape index (κ2) is 10.4. The van der Waals surface area contributed by atoms with Crippen LogP contribution in [0.4, 0.5) is 0 Å². The van der Waals surface area contributed by atoms with E-state index in [1.165, 1.54) is 18.3 Å². The molecule has 0 saturated heterocycles. The third-order valence-electron chi connectivity index (χ3n) is 5.98. The van der Waals surface area contributed by atoms with E-state index in [0.29, 0.717) is 0 Å². The maximum atomic E-state index is 12.0. The van der Waals surface area contributed by atoms with Gasteiger partial charge in [-0.05, 0) is 25.0 Å². The van der Waals surface area contributed by atoms with Crippen LogP contribution in [0.15, 0.2) is 23.3 Å². The van der Waals surface area contributed by atoms with Crippen LogP contribution in [-0.2, 0) is 24.0 Å². The van der Waals surface area contributed by atoms with Gasteiger partial charge in [-0.25, -0.2) is 9.79 Å². The second-order valence-corrected chi connectivity index (χ2v) is 8.55. The number of carbonyl (C=O) groups is 6. The molecule has 1 aromatic rings. The summed E-state index contributed by atoms with van der Waals surface area (Å²) in [5, 5.41) is 20.4. The molecule has 1 aliphatic carbocycles. The average Bonchev–Trinajstić information content (AvgIpc) is 3.09. The predicted octanol–water partition coefficient (Wildman–Crippen LogP) is 1.29. The van der Waals surface area contributed by atoms with E-state index < -0.39 is 46.7 Å². The minimum absolute atomic E-state index is 0.00184. The lowest BCUT2D eigenvalue weighted by Gasteiger charge is -2.22. The number of hydrogen-bond donors (Lipinski definition) is 3. The van der Waals surface area contributed by atoms with Crippen molar-refractivity contribution in [2.75, 3.05) is 0 Å². The monoisotopic (exact) mass is 473 g/mol. The van der Waals surface area contributed by atoms with Crippen LogP contribution in [0.2, 0.25) is 0 Å². The van der Waals surface area contributed by atoms with Gasteiger partial charge in [-0.3, -0.25) is 29.0 Å². The summed E-state index contributed by atoms with van der Waals surface area (Å²) in [6, 6.07) is 2.97. The van der Waals surface area contributed by atoms with E-state index in [2.05, 4.69) is 15.3 Å². The molecular weight excluding hydrogens is 446 g/mol. The van der Waals surface area contributed by atoms with Crippen molar-refractivity contribution in [3.05, 3.63) is 29.6 Å². The highest BCUT2D eigenvalue weighted by Gasteiger charge is 2.43. The molecule has 1 aliphatic heterocycles. The largest absolute Gasteiger partial charge is 0.481 e. The Labute approximate surface area is 195 Å². The Bertz CT molecular complexity index is 1060. The van der Waals surface area contributed by atoms with Crippen molar-refractivity contribution in [3.63, 3.8) is 0 Å². The maximum Gasteiger partial charge on any atom is 0.338 e. The summed E-state index contributed by atoms with van der Waals surface area (Å²) in [6.45, 7) is 7.08. The molecule has 11 heteroatoms. The Hall–Kier alpha value is -3.76. The first-order chi connectivity index (χ1) is 15.8. The number of nitrogens with one attached hydrogen (secondary N) is 1. The van der Waals surface area contributed by atoms with Gasteiger partial charge in [0.1, 0.15) is 17.2 Å². The number of ketones is 3. The summed E-state index contributed by atoms with van der Waals surface area (Å²) in [4.78, 5) is 76.2. The fraction of sp³-hybridized carbons (Fsp3) is 0.478. The van der Waals surface area contributed by atoms with Gasteiger partial charge >= 0.3 is 11.9 Å². The molecule has 0 aromatic carbocycles. The van der Waals surface area contributed by atoms with E-state index in [4.69, 9.17) is 10.2 Å². The van der Waals surface area contributed by atoms with Gasteiger partial charge in [0.05, 0.1) is 11.5 Å². The first kappa shape index (κ1) is 26.5. The molecule has 2 aliphatic rings. The number of aromatic carboxylic acids is 1. The van der Waals surface area contributed by atoms with Gasteiger partial charge in [0.25, 0.3) is 5.91 Å². The quantitative estimate of drug-likeness (QED) is 0.513. The van der Waals surface area contributed by atoms with Crippen LogP contribution in [0.5, 0.6) is 0 Å². The van der Waals surface area contributed by atoms with Crippen LogP contribution in [0.25, 0.3) is 0 Å². The van der Waals surface area contributed by atoms with E-state index in [-0.39, 0.29) is 48.2 Å². The number of pyridine rings is 1. The zero-order valence-corrected chi connectivity index (χ0v) is 19.3. The number of carboxylic acid groups (broad SMARTS) is 2. The summed E-state index contributed by atoms with van der Waals surface area (Å²) in [6.07, 6.45) is 1.18. The number of amidine groups is 1. The van der Waals surface area contributed by atoms with E-state index in [1.807, 2.05) is 13.8 Å². The Morgan fingerprint density at radius 1 is 1.15 bits per heavy atom. The summed E-state index contributed by atoms with van der Waals surface area (Å²) in [5.41, 5.74) is -0.676. The Morgan fingerprint density at radius 2 is 1.74 bits per heavy atom. The van der Waals surface area contributed by atoms with E-state index in [0.717, 1.165) is 0 Å². The van der Waals surface area contributed by atoms with Gasteiger partial charge in [-0.2, -0.15) is 0 Å². The summed E-state index contributed by atoms with van der Waals surface area (Å²) in [5.74, 6) is -5.93. The van der Waals surface area contributed by atoms with E-state index >= 15 is 0 Å². The van der Waals surface area contributed by atoms with Crippen LogP contribution in [0, 0.1) is 17.8 Å². The van der Waals surface area contributed by atoms with Crippen molar-refractivity contribution < 1.29 is 39.0 Å². The predicted molar refractivity (Wildman–Crippen MR) is 118 cm³/mol. The normalized spacial score (nSPS) is 24.1. The number of carbonyl (C=O) groups excluding carboxylic acids is 4. The van der Waals surface area contributed by atoms with Crippen LogP contribution in [-0.4, -0.2) is 61.8 Å². The molecule has 1 fully saturated rings. The topological polar surface area (TPSA) is 180 Å². The number of aliphatic carboxylic acids is 1. The fourth-order valence-corrected chi connectivity index (χ4v) is 3.53. The summed E-state index contributed by atoms with van der Waals surface area (Å²) < 4.78 is 0. The smallest absolute Gasteiger partial charge is 0.338 e. The van der Waals surface area contributed by atoms with Crippen molar-refractivity contribution >= 4 is 41.0 Å². The Morgan fingerprint density at radius 3 is 2.18 bits per heavy atom. The van der Waals surface area contributed by atoms with Crippen molar-refractivity contribution in [3.8, 4) is 0 Å². The molecule has 182 valence electrons. The Balaban J connectivity index is 0.000000248. The molecule has 1 saturated carbocycles. The molecule has 34 heavy (non-hydrogen) atoms. The minimum atomic E-state index is -1.20. The van der Waals surface area contributed by atoms with Crippen LogP contribution < -0.4 is 5.32 Å². The van der Waals surface area contributed by atoms with Gasteiger partial charge in [0, 0.05) is 25.5 Å². The molecule has 0 bridgehead atoms. The summed E-state index contributed by atoms with van der Waals surface area (Å²) in [7, 11) is 0. The number of aliphatic imine (C=N–C) groups is 1.